The summed E-state index contributed by atoms with van der Waals surface area (Å²) in [5.74, 6) is -0.0445. The summed E-state index contributed by atoms with van der Waals surface area (Å²) in [6, 6.07) is 10.6. The standard InChI is InChI=1S/C13H12BrNO3/c14-12-6-5-11(18-12)13(17)15-10-3-1-9(2-4-10)7-8-16/h1-6,16H,7-8H2,(H,15,17). The molecule has 0 aliphatic carbocycles. The number of hydrogen-bond donors (Lipinski definition) is 2. The van der Waals surface area contributed by atoms with Crippen LogP contribution in [0.5, 0.6) is 0 Å². The van der Waals surface area contributed by atoms with Crippen LogP contribution in [0.2, 0.25) is 0 Å². The highest BCUT2D eigenvalue weighted by Gasteiger charge is 2.10. The first kappa shape index (κ1) is 12.9. The van der Waals surface area contributed by atoms with Crippen molar-refractivity contribution in [2.45, 2.75) is 6.42 Å². The van der Waals surface area contributed by atoms with Crippen molar-refractivity contribution in [3.63, 3.8) is 0 Å². The zero-order valence-corrected chi connectivity index (χ0v) is 11.1. The van der Waals surface area contributed by atoms with Gasteiger partial charge in [0.2, 0.25) is 0 Å². The van der Waals surface area contributed by atoms with E-state index in [4.69, 9.17) is 9.52 Å². The molecule has 2 aromatic rings. The van der Waals surface area contributed by atoms with Gasteiger partial charge in [0.05, 0.1) is 0 Å². The second kappa shape index (κ2) is 5.84. The molecule has 0 bridgehead atoms. The molecule has 1 aromatic heterocycles. The summed E-state index contributed by atoms with van der Waals surface area (Å²) in [6.45, 7) is 0.117. The van der Waals surface area contributed by atoms with E-state index in [1.54, 1.807) is 24.3 Å². The smallest absolute Gasteiger partial charge is 0.291 e. The molecule has 0 saturated carbocycles. The highest BCUT2D eigenvalue weighted by atomic mass is 79.9. The van der Waals surface area contributed by atoms with Crippen molar-refractivity contribution in [1.82, 2.24) is 0 Å². The molecule has 2 rings (SSSR count). The molecule has 0 unspecified atom stereocenters. The van der Waals surface area contributed by atoms with Gasteiger partial charge in [-0.15, -0.1) is 0 Å². The third kappa shape index (κ3) is 3.21. The molecule has 1 heterocycles. The van der Waals surface area contributed by atoms with Crippen LogP contribution in [0, 0.1) is 0 Å². The van der Waals surface area contributed by atoms with Gasteiger partial charge in [0.15, 0.2) is 10.4 Å². The normalized spacial score (nSPS) is 10.3. The van der Waals surface area contributed by atoms with E-state index in [1.165, 1.54) is 0 Å². The molecule has 18 heavy (non-hydrogen) atoms. The number of halogens is 1. The van der Waals surface area contributed by atoms with Crippen LogP contribution in [0.4, 0.5) is 5.69 Å². The fourth-order valence-electron chi connectivity index (χ4n) is 1.51. The number of carbonyl (C=O) groups is 1. The largest absolute Gasteiger partial charge is 0.444 e. The van der Waals surface area contributed by atoms with Gasteiger partial charge in [0.1, 0.15) is 0 Å². The van der Waals surface area contributed by atoms with Crippen LogP contribution in [-0.4, -0.2) is 17.6 Å². The molecule has 0 spiro atoms. The number of anilines is 1. The molecule has 0 saturated heterocycles. The molecule has 0 atom stereocenters. The predicted octanol–water partition coefficient (Wildman–Crippen LogP) is 2.83. The number of aliphatic hydroxyl groups is 1. The van der Waals surface area contributed by atoms with E-state index in [0.29, 0.717) is 16.8 Å². The molecule has 0 aliphatic rings. The zero-order chi connectivity index (χ0) is 13.0. The number of nitrogens with one attached hydrogen (secondary N) is 1. The van der Waals surface area contributed by atoms with Crippen molar-refractivity contribution in [2.24, 2.45) is 0 Å². The quantitative estimate of drug-likeness (QED) is 0.913. The first-order chi connectivity index (χ1) is 8.69. The molecule has 0 fully saturated rings. The summed E-state index contributed by atoms with van der Waals surface area (Å²) >= 11 is 3.14. The average Bonchev–Trinajstić information content (AvgIpc) is 2.79. The van der Waals surface area contributed by atoms with Crippen LogP contribution in [-0.2, 0) is 6.42 Å². The molecule has 2 N–H and O–H groups in total. The lowest BCUT2D eigenvalue weighted by atomic mass is 10.1. The Kier molecular flexibility index (Phi) is 4.17. The highest BCUT2D eigenvalue weighted by Crippen LogP contribution is 2.16. The molecule has 4 nitrogen and oxygen atoms in total. The number of aliphatic hydroxyl groups excluding tert-OH is 1. The van der Waals surface area contributed by atoms with Crippen molar-refractivity contribution >= 4 is 27.5 Å². The lowest BCUT2D eigenvalue weighted by Crippen LogP contribution is -2.10. The van der Waals surface area contributed by atoms with Crippen LogP contribution in [0.3, 0.4) is 0 Å². The Morgan fingerprint density at radius 3 is 2.50 bits per heavy atom. The Balaban J connectivity index is 2.03. The molecule has 94 valence electrons. The van der Waals surface area contributed by atoms with Crippen molar-refractivity contribution in [1.29, 1.82) is 0 Å². The molecule has 1 amide bonds. The Hall–Kier alpha value is -1.59. The van der Waals surface area contributed by atoms with Crippen LogP contribution in [0.25, 0.3) is 0 Å². The van der Waals surface area contributed by atoms with E-state index in [0.717, 1.165) is 5.56 Å². The maximum atomic E-state index is 11.8. The molecule has 1 aromatic carbocycles. The van der Waals surface area contributed by atoms with E-state index < -0.39 is 0 Å². The molecule has 0 radical (unpaired) electrons. The first-order valence-corrected chi connectivity index (χ1v) is 6.25. The van der Waals surface area contributed by atoms with E-state index in [1.807, 2.05) is 12.1 Å². The van der Waals surface area contributed by atoms with Crippen LogP contribution < -0.4 is 5.32 Å². The number of rotatable bonds is 4. The monoisotopic (exact) mass is 309 g/mol. The number of amides is 1. The summed E-state index contributed by atoms with van der Waals surface area (Å²) in [6.07, 6.45) is 0.610. The lowest BCUT2D eigenvalue weighted by Gasteiger charge is -2.04. The third-order valence-corrected chi connectivity index (χ3v) is 2.84. The number of benzene rings is 1. The minimum absolute atomic E-state index is 0.117. The summed E-state index contributed by atoms with van der Waals surface area (Å²) in [5, 5.41) is 11.5. The molecule has 5 heteroatoms. The minimum atomic E-state index is -0.296. The van der Waals surface area contributed by atoms with Gasteiger partial charge in [0.25, 0.3) is 5.91 Å². The van der Waals surface area contributed by atoms with Gasteiger partial charge in [-0.2, -0.15) is 0 Å². The summed E-state index contributed by atoms with van der Waals surface area (Å²) in [5.41, 5.74) is 1.71. The van der Waals surface area contributed by atoms with E-state index in [2.05, 4.69) is 21.2 Å². The zero-order valence-electron chi connectivity index (χ0n) is 9.52. The lowest BCUT2D eigenvalue weighted by molar-refractivity contribution is 0.0995. The van der Waals surface area contributed by atoms with Gasteiger partial charge in [-0.3, -0.25) is 4.79 Å². The Morgan fingerprint density at radius 2 is 1.94 bits per heavy atom. The van der Waals surface area contributed by atoms with Crippen molar-refractivity contribution in [2.75, 3.05) is 11.9 Å². The van der Waals surface area contributed by atoms with Gasteiger partial charge >= 0.3 is 0 Å². The van der Waals surface area contributed by atoms with Gasteiger partial charge in [0, 0.05) is 12.3 Å². The molecular formula is C13H12BrNO3. The van der Waals surface area contributed by atoms with Crippen LogP contribution >= 0.6 is 15.9 Å². The minimum Gasteiger partial charge on any atom is -0.444 e. The van der Waals surface area contributed by atoms with E-state index >= 15 is 0 Å². The van der Waals surface area contributed by atoms with Crippen LogP contribution in [0.1, 0.15) is 16.1 Å². The second-order valence-corrected chi connectivity index (χ2v) is 4.51. The average molecular weight is 310 g/mol. The molecular weight excluding hydrogens is 298 g/mol. The van der Waals surface area contributed by atoms with Gasteiger partial charge in [-0.25, -0.2) is 0 Å². The van der Waals surface area contributed by atoms with Gasteiger partial charge < -0.3 is 14.8 Å². The van der Waals surface area contributed by atoms with Crippen molar-refractivity contribution in [3.8, 4) is 0 Å². The Bertz CT molecular complexity index is 533. The Morgan fingerprint density at radius 1 is 1.22 bits per heavy atom. The second-order valence-electron chi connectivity index (χ2n) is 3.73. The fourth-order valence-corrected chi connectivity index (χ4v) is 1.82. The van der Waals surface area contributed by atoms with Gasteiger partial charge in [-0.1, -0.05) is 12.1 Å². The van der Waals surface area contributed by atoms with Crippen molar-refractivity contribution in [3.05, 3.63) is 52.4 Å². The van der Waals surface area contributed by atoms with E-state index in [-0.39, 0.29) is 18.3 Å². The Labute approximate surface area is 113 Å². The highest BCUT2D eigenvalue weighted by molar-refractivity contribution is 9.10. The van der Waals surface area contributed by atoms with Crippen molar-refractivity contribution < 1.29 is 14.3 Å². The molecule has 0 aliphatic heterocycles. The van der Waals surface area contributed by atoms with Crippen LogP contribution in [0.15, 0.2) is 45.5 Å². The number of carbonyl (C=O) groups excluding carboxylic acids is 1. The summed E-state index contributed by atoms with van der Waals surface area (Å²) in [7, 11) is 0. The van der Waals surface area contributed by atoms with E-state index in [9.17, 15) is 4.79 Å². The number of hydrogen-bond acceptors (Lipinski definition) is 3. The third-order valence-electron chi connectivity index (χ3n) is 2.41. The fraction of sp³-hybridized carbons (Fsp3) is 0.154. The topological polar surface area (TPSA) is 62.5 Å². The maximum absolute atomic E-state index is 11.8. The predicted molar refractivity (Wildman–Crippen MR) is 71.6 cm³/mol. The maximum Gasteiger partial charge on any atom is 0.291 e. The van der Waals surface area contributed by atoms with Gasteiger partial charge in [-0.05, 0) is 52.2 Å². The first-order valence-electron chi connectivity index (χ1n) is 5.45. The summed E-state index contributed by atoms with van der Waals surface area (Å²) < 4.78 is 5.67. The SMILES string of the molecule is O=C(Nc1ccc(CCO)cc1)c1ccc(Br)o1. The number of furan rings is 1. The summed E-state index contributed by atoms with van der Waals surface area (Å²) in [4.78, 5) is 11.8.